The molecule has 10 heavy (non-hydrogen) atoms. The molecular weight excluding hydrogens is 139 g/mol. The molecule has 0 aromatic carbocycles. The summed E-state index contributed by atoms with van der Waals surface area (Å²) < 4.78 is 0. The van der Waals surface area contributed by atoms with Crippen molar-refractivity contribution in [2.75, 3.05) is 0 Å². The molecule has 0 aromatic heterocycles. The van der Waals surface area contributed by atoms with Gasteiger partial charge in [0, 0.05) is 0 Å². The van der Waals surface area contributed by atoms with Crippen LogP contribution in [0.2, 0.25) is 10.6 Å². The minimum atomic E-state index is 0. The third-order valence-corrected chi connectivity index (χ3v) is 3.83. The molecule has 1 nitrogen and oxygen atoms in total. The van der Waals surface area contributed by atoms with Crippen molar-refractivity contribution >= 4 is 15.2 Å². The molecule has 60 valence electrons. The summed E-state index contributed by atoms with van der Waals surface area (Å²) in [6.07, 6.45) is 0. The standard InChI is InChI=1S/2C4H9.Al.H2O/c2*1-4(2)3;;/h2*4H,1H2,2-3H3;;1H2/q;;+1;/p-1. The third-order valence-electron chi connectivity index (χ3n) is 1.28. The van der Waals surface area contributed by atoms with Crippen LogP contribution in [0, 0.1) is 11.8 Å². The zero-order valence-electron chi connectivity index (χ0n) is 7.59. The van der Waals surface area contributed by atoms with Crippen LogP contribution in [-0.2, 0) is 0 Å². The van der Waals surface area contributed by atoms with Gasteiger partial charge >= 0.3 is 65.3 Å². The molecule has 0 aliphatic heterocycles. The molecule has 0 saturated carbocycles. The minimum absolute atomic E-state index is 0. The van der Waals surface area contributed by atoms with Crippen LogP contribution in [0.3, 0.4) is 0 Å². The summed E-state index contributed by atoms with van der Waals surface area (Å²) >= 11 is 0.755. The van der Waals surface area contributed by atoms with Gasteiger partial charge in [-0.15, -0.1) is 0 Å². The van der Waals surface area contributed by atoms with Gasteiger partial charge in [0.2, 0.25) is 0 Å². The van der Waals surface area contributed by atoms with Crippen LogP contribution in [-0.4, -0.2) is 20.7 Å². The molecule has 0 bridgehead atoms. The van der Waals surface area contributed by atoms with E-state index >= 15 is 0 Å². The second kappa shape index (κ2) is 7.60. The van der Waals surface area contributed by atoms with Gasteiger partial charge in [0.25, 0.3) is 0 Å². The van der Waals surface area contributed by atoms with Gasteiger partial charge in [0.15, 0.2) is 0 Å². The second-order valence-electron chi connectivity index (χ2n) is 3.55. The van der Waals surface area contributed by atoms with Crippen molar-refractivity contribution in [3.05, 3.63) is 0 Å². The van der Waals surface area contributed by atoms with Crippen molar-refractivity contribution < 1.29 is 5.48 Å². The van der Waals surface area contributed by atoms with Gasteiger partial charge in [-0.3, -0.25) is 0 Å². The summed E-state index contributed by atoms with van der Waals surface area (Å²) in [5.74, 6) is 1.86. The number of rotatable bonds is 4. The summed E-state index contributed by atoms with van der Waals surface area (Å²) in [5, 5.41) is 2.97. The van der Waals surface area contributed by atoms with E-state index in [1.165, 1.54) is 10.6 Å². The Bertz CT molecular complexity index is 54.3. The third kappa shape index (κ3) is 11.3. The Morgan fingerprint density at radius 2 is 1.20 bits per heavy atom. The van der Waals surface area contributed by atoms with Gasteiger partial charge in [-0.2, -0.15) is 0 Å². The topological polar surface area (TPSA) is 30.0 Å². The first-order valence-corrected chi connectivity index (χ1v) is 5.58. The van der Waals surface area contributed by atoms with E-state index in [-0.39, 0.29) is 5.48 Å². The molecular formula is C8H19AlO. The van der Waals surface area contributed by atoms with E-state index in [0.29, 0.717) is 0 Å². The minimum Gasteiger partial charge on any atom is -0.870 e. The SMILES string of the molecule is CC(C)[CH2][Al+][CH2]C(C)C.[OH-]. The molecule has 0 fully saturated rings. The Morgan fingerprint density at radius 1 is 0.900 bits per heavy atom. The van der Waals surface area contributed by atoms with E-state index in [0.717, 1.165) is 27.1 Å². The molecule has 0 rings (SSSR count). The molecule has 0 atom stereocenters. The summed E-state index contributed by atoms with van der Waals surface area (Å²) in [7, 11) is 0. The molecule has 0 aromatic rings. The first-order valence-electron chi connectivity index (χ1n) is 3.94. The molecule has 0 heterocycles. The average Bonchev–Trinajstić information content (AvgIpc) is 1.63. The predicted octanol–water partition coefficient (Wildman–Crippen LogP) is 2.66. The normalized spacial score (nSPS) is 9.40. The summed E-state index contributed by atoms with van der Waals surface area (Å²) in [6, 6.07) is 0. The van der Waals surface area contributed by atoms with E-state index in [1.54, 1.807) is 0 Å². The van der Waals surface area contributed by atoms with Crippen molar-refractivity contribution in [2.24, 2.45) is 11.8 Å². The van der Waals surface area contributed by atoms with Crippen molar-refractivity contribution in [2.45, 2.75) is 38.3 Å². The zero-order valence-corrected chi connectivity index (χ0v) is 8.75. The maximum atomic E-state index is 2.31. The zero-order chi connectivity index (χ0) is 7.28. The van der Waals surface area contributed by atoms with Crippen LogP contribution < -0.4 is 0 Å². The van der Waals surface area contributed by atoms with Crippen molar-refractivity contribution in [1.82, 2.24) is 0 Å². The fourth-order valence-electron chi connectivity index (χ4n) is 0.763. The Kier molecular flexibility index (Phi) is 9.96. The Hall–Kier alpha value is 0.492. The van der Waals surface area contributed by atoms with Crippen molar-refractivity contribution in [3.63, 3.8) is 0 Å². The first kappa shape index (κ1) is 13.1. The summed E-state index contributed by atoms with van der Waals surface area (Å²) in [5.41, 5.74) is 0. The van der Waals surface area contributed by atoms with Gasteiger partial charge in [-0.05, 0) is 0 Å². The maximum Gasteiger partial charge on any atom is -0.870 e. The fourth-order valence-corrected chi connectivity index (χ4v) is 2.29. The van der Waals surface area contributed by atoms with E-state index in [4.69, 9.17) is 0 Å². The van der Waals surface area contributed by atoms with Crippen molar-refractivity contribution in [3.8, 4) is 0 Å². The molecule has 0 unspecified atom stereocenters. The van der Waals surface area contributed by atoms with Gasteiger partial charge in [0.1, 0.15) is 0 Å². The second-order valence-corrected chi connectivity index (χ2v) is 5.07. The quantitative estimate of drug-likeness (QED) is 0.578. The van der Waals surface area contributed by atoms with Crippen LogP contribution >= 0.6 is 0 Å². The van der Waals surface area contributed by atoms with Crippen LogP contribution in [0.4, 0.5) is 0 Å². The van der Waals surface area contributed by atoms with Crippen LogP contribution in [0.5, 0.6) is 0 Å². The molecule has 0 aliphatic rings. The monoisotopic (exact) mass is 158 g/mol. The summed E-state index contributed by atoms with van der Waals surface area (Å²) in [4.78, 5) is 0. The van der Waals surface area contributed by atoms with Crippen LogP contribution in [0.1, 0.15) is 27.7 Å². The largest absolute Gasteiger partial charge is 0.870 e. The van der Waals surface area contributed by atoms with Gasteiger partial charge in [0.05, 0.1) is 0 Å². The van der Waals surface area contributed by atoms with Crippen molar-refractivity contribution in [1.29, 1.82) is 0 Å². The summed E-state index contributed by atoms with van der Waals surface area (Å²) in [6.45, 7) is 9.25. The van der Waals surface area contributed by atoms with Gasteiger partial charge in [-0.25, -0.2) is 0 Å². The molecule has 0 saturated heterocycles. The number of hydrogen-bond acceptors (Lipinski definition) is 1. The average molecular weight is 158 g/mol. The Balaban J connectivity index is 0. The fraction of sp³-hybridized carbons (Fsp3) is 1.00. The van der Waals surface area contributed by atoms with Crippen LogP contribution in [0.25, 0.3) is 0 Å². The Morgan fingerprint density at radius 3 is 1.40 bits per heavy atom. The van der Waals surface area contributed by atoms with E-state index < -0.39 is 0 Å². The first-order chi connectivity index (χ1) is 4.13. The van der Waals surface area contributed by atoms with E-state index in [1.807, 2.05) is 0 Å². The predicted molar refractivity (Wildman–Crippen MR) is 47.0 cm³/mol. The smallest absolute Gasteiger partial charge is 0.870 e. The number of hydrogen-bond donors (Lipinski definition) is 0. The Labute approximate surface area is 71.2 Å². The molecule has 0 radical (unpaired) electrons. The molecule has 1 N–H and O–H groups in total. The molecule has 0 amide bonds. The van der Waals surface area contributed by atoms with Gasteiger partial charge in [-0.1, -0.05) is 0 Å². The molecule has 0 aliphatic carbocycles. The molecule has 0 spiro atoms. The maximum absolute atomic E-state index is 2.31. The molecule has 2 heteroatoms. The van der Waals surface area contributed by atoms with Crippen LogP contribution in [0.15, 0.2) is 0 Å². The van der Waals surface area contributed by atoms with Gasteiger partial charge < -0.3 is 5.48 Å². The van der Waals surface area contributed by atoms with E-state index in [9.17, 15) is 0 Å². The van der Waals surface area contributed by atoms with E-state index in [2.05, 4.69) is 27.7 Å².